The van der Waals surface area contributed by atoms with Crippen LogP contribution in [-0.4, -0.2) is 35.2 Å². The van der Waals surface area contributed by atoms with Crippen molar-refractivity contribution >= 4 is 12.2 Å². The van der Waals surface area contributed by atoms with Crippen molar-refractivity contribution in [2.24, 2.45) is 0 Å². The molecule has 2 nitrogen and oxygen atoms in total. The first-order valence-electron chi connectivity index (χ1n) is 7.42. The van der Waals surface area contributed by atoms with Gasteiger partial charge in [-0.05, 0) is 57.3 Å². The van der Waals surface area contributed by atoms with E-state index in [1.165, 1.54) is 18.4 Å². The summed E-state index contributed by atoms with van der Waals surface area (Å²) < 4.78 is 13.5. The highest BCUT2D eigenvalue weighted by Crippen LogP contribution is 2.26. The Morgan fingerprint density at radius 2 is 2.05 bits per heavy atom. The molecule has 1 aliphatic carbocycles. The lowest BCUT2D eigenvalue weighted by Gasteiger charge is -2.34. The maximum Gasteiger partial charge on any atom is 0.123 e. The van der Waals surface area contributed by atoms with Gasteiger partial charge in [0, 0.05) is 29.2 Å². The lowest BCUT2D eigenvalue weighted by molar-refractivity contribution is 0.171. The summed E-state index contributed by atoms with van der Waals surface area (Å²) in [5.74, 6) is 0.588. The van der Waals surface area contributed by atoms with Gasteiger partial charge in [-0.2, -0.15) is 0 Å². The number of likely N-dealkylation sites (tertiary alicyclic amines) is 1. The number of H-pyrrole nitrogens is 1. The molecule has 1 fully saturated rings. The lowest BCUT2D eigenvalue weighted by Crippen LogP contribution is -2.39. The Bertz CT molecular complexity index is 550. The van der Waals surface area contributed by atoms with Crippen molar-refractivity contribution in [3.63, 3.8) is 0 Å². The van der Waals surface area contributed by atoms with E-state index < -0.39 is 6.17 Å². The van der Waals surface area contributed by atoms with E-state index in [2.05, 4.69) is 29.9 Å². The SMILES string of the molecule is CC(C)N1CCC(c2c[nH]c3c2=CC(F)CC=3)CC1. The van der Waals surface area contributed by atoms with Crippen LogP contribution in [-0.2, 0) is 0 Å². The predicted octanol–water partition coefficient (Wildman–Crippen LogP) is 1.91. The highest BCUT2D eigenvalue weighted by molar-refractivity contribution is 5.43. The zero-order valence-electron chi connectivity index (χ0n) is 11.8. The average molecular weight is 262 g/mol. The molecule has 1 atom stereocenters. The van der Waals surface area contributed by atoms with Crippen molar-refractivity contribution < 1.29 is 4.39 Å². The van der Waals surface area contributed by atoms with E-state index in [1.54, 1.807) is 6.08 Å². The van der Waals surface area contributed by atoms with E-state index in [-0.39, 0.29) is 0 Å². The summed E-state index contributed by atoms with van der Waals surface area (Å²) in [6.07, 6.45) is 7.98. The van der Waals surface area contributed by atoms with Crippen LogP contribution < -0.4 is 10.6 Å². The molecule has 3 rings (SSSR count). The van der Waals surface area contributed by atoms with Gasteiger partial charge < -0.3 is 9.88 Å². The molecule has 0 spiro atoms. The Morgan fingerprint density at radius 3 is 2.74 bits per heavy atom. The van der Waals surface area contributed by atoms with E-state index >= 15 is 0 Å². The number of rotatable bonds is 2. The molecule has 1 aromatic heterocycles. The number of hydrogen-bond donors (Lipinski definition) is 1. The normalized spacial score (nSPS) is 24.9. The second kappa shape index (κ2) is 5.12. The first-order valence-corrected chi connectivity index (χ1v) is 7.42. The lowest BCUT2D eigenvalue weighted by atomic mass is 9.89. The van der Waals surface area contributed by atoms with E-state index in [9.17, 15) is 4.39 Å². The standard InChI is InChI=1S/C16H23FN2/c1-11(2)19-7-5-12(6-8-19)15-10-18-16-4-3-13(17)9-14(15)16/h4,9-13,18H,3,5-8H2,1-2H3. The van der Waals surface area contributed by atoms with Gasteiger partial charge in [-0.15, -0.1) is 0 Å². The van der Waals surface area contributed by atoms with Crippen molar-refractivity contribution in [1.29, 1.82) is 0 Å². The van der Waals surface area contributed by atoms with Crippen LogP contribution in [0.25, 0.3) is 12.2 Å². The molecule has 0 amide bonds. The number of halogens is 1. The Morgan fingerprint density at radius 1 is 1.32 bits per heavy atom. The topological polar surface area (TPSA) is 19.0 Å². The smallest absolute Gasteiger partial charge is 0.123 e. The van der Waals surface area contributed by atoms with E-state index in [0.29, 0.717) is 18.4 Å². The fourth-order valence-electron chi connectivity index (χ4n) is 3.37. The maximum atomic E-state index is 13.5. The molecule has 3 heteroatoms. The number of piperidine rings is 1. The first-order chi connectivity index (χ1) is 9.15. The summed E-state index contributed by atoms with van der Waals surface area (Å²) in [5.41, 5.74) is 1.33. The van der Waals surface area contributed by atoms with Gasteiger partial charge in [-0.1, -0.05) is 6.08 Å². The molecule has 0 bridgehead atoms. The number of hydrogen-bond acceptors (Lipinski definition) is 1. The van der Waals surface area contributed by atoms with Crippen LogP contribution in [0.3, 0.4) is 0 Å². The van der Waals surface area contributed by atoms with Gasteiger partial charge >= 0.3 is 0 Å². The fraction of sp³-hybridized carbons (Fsp3) is 0.625. The quantitative estimate of drug-likeness (QED) is 0.862. The van der Waals surface area contributed by atoms with Gasteiger partial charge in [0.15, 0.2) is 0 Å². The van der Waals surface area contributed by atoms with Crippen LogP contribution in [0.1, 0.15) is 44.6 Å². The average Bonchev–Trinajstić information content (AvgIpc) is 2.81. The minimum Gasteiger partial charge on any atom is -0.361 e. The molecule has 1 N–H and O–H groups in total. The van der Waals surface area contributed by atoms with E-state index in [0.717, 1.165) is 23.7 Å². The molecule has 1 saturated heterocycles. The molecular formula is C16H23FN2. The summed E-state index contributed by atoms with van der Waals surface area (Å²) in [5, 5.41) is 2.25. The third-order valence-corrected chi connectivity index (χ3v) is 4.58. The minimum absolute atomic E-state index is 0.513. The predicted molar refractivity (Wildman–Crippen MR) is 77.2 cm³/mol. The molecular weight excluding hydrogens is 239 g/mol. The summed E-state index contributed by atoms with van der Waals surface area (Å²) in [6.45, 7) is 6.83. The van der Waals surface area contributed by atoms with Crippen LogP contribution in [0.2, 0.25) is 0 Å². The third-order valence-electron chi connectivity index (χ3n) is 4.58. The van der Waals surface area contributed by atoms with Crippen LogP contribution in [0.15, 0.2) is 6.20 Å². The second-order valence-electron chi connectivity index (χ2n) is 6.10. The summed E-state index contributed by atoms with van der Waals surface area (Å²) in [6, 6.07) is 0.635. The zero-order chi connectivity index (χ0) is 13.4. The van der Waals surface area contributed by atoms with Crippen LogP contribution >= 0.6 is 0 Å². The molecule has 2 aliphatic rings. The van der Waals surface area contributed by atoms with E-state index in [1.807, 2.05) is 6.08 Å². The minimum atomic E-state index is -0.808. The number of aromatic amines is 1. The van der Waals surface area contributed by atoms with E-state index in [4.69, 9.17) is 0 Å². The Balaban J connectivity index is 1.82. The molecule has 2 heterocycles. The molecule has 19 heavy (non-hydrogen) atoms. The molecule has 0 aromatic carbocycles. The van der Waals surface area contributed by atoms with Crippen LogP contribution in [0.5, 0.6) is 0 Å². The maximum absolute atomic E-state index is 13.5. The number of alkyl halides is 1. The largest absolute Gasteiger partial charge is 0.361 e. The fourth-order valence-corrected chi connectivity index (χ4v) is 3.37. The van der Waals surface area contributed by atoms with Crippen LogP contribution in [0, 0.1) is 0 Å². The summed E-state index contributed by atoms with van der Waals surface area (Å²) >= 11 is 0. The van der Waals surface area contributed by atoms with Crippen LogP contribution in [0.4, 0.5) is 4.39 Å². The molecule has 1 aromatic rings. The third kappa shape index (κ3) is 2.48. The van der Waals surface area contributed by atoms with Crippen molar-refractivity contribution in [2.75, 3.05) is 13.1 Å². The molecule has 104 valence electrons. The van der Waals surface area contributed by atoms with Crippen molar-refractivity contribution in [3.05, 3.63) is 22.3 Å². The Labute approximate surface area is 114 Å². The van der Waals surface area contributed by atoms with Gasteiger partial charge in [0.2, 0.25) is 0 Å². The summed E-state index contributed by atoms with van der Waals surface area (Å²) in [7, 11) is 0. The van der Waals surface area contributed by atoms with Crippen molar-refractivity contribution in [1.82, 2.24) is 9.88 Å². The second-order valence-corrected chi connectivity index (χ2v) is 6.10. The summed E-state index contributed by atoms with van der Waals surface area (Å²) in [4.78, 5) is 5.84. The van der Waals surface area contributed by atoms with Gasteiger partial charge in [0.1, 0.15) is 6.17 Å². The molecule has 0 saturated carbocycles. The Kier molecular flexibility index (Phi) is 3.48. The van der Waals surface area contributed by atoms with Gasteiger partial charge in [0.25, 0.3) is 0 Å². The van der Waals surface area contributed by atoms with Crippen molar-refractivity contribution in [2.45, 2.75) is 51.2 Å². The molecule has 1 unspecified atom stereocenters. The van der Waals surface area contributed by atoms with Gasteiger partial charge in [0.05, 0.1) is 0 Å². The Hall–Kier alpha value is -1.09. The zero-order valence-corrected chi connectivity index (χ0v) is 11.8. The highest BCUT2D eigenvalue weighted by Gasteiger charge is 2.24. The van der Waals surface area contributed by atoms with Crippen molar-refractivity contribution in [3.8, 4) is 0 Å². The van der Waals surface area contributed by atoms with Gasteiger partial charge in [-0.3, -0.25) is 0 Å². The first kappa shape index (κ1) is 12.9. The number of nitrogens with one attached hydrogen (secondary N) is 1. The number of aromatic nitrogens is 1. The molecule has 1 aliphatic heterocycles. The monoisotopic (exact) mass is 262 g/mol. The number of fused-ring (bicyclic) bond motifs is 1. The highest BCUT2D eigenvalue weighted by atomic mass is 19.1. The molecule has 0 radical (unpaired) electrons. The number of nitrogens with zero attached hydrogens (tertiary/aromatic N) is 1. The van der Waals surface area contributed by atoms with Gasteiger partial charge in [-0.25, -0.2) is 4.39 Å².